The Morgan fingerprint density at radius 1 is 1.53 bits per heavy atom. The summed E-state index contributed by atoms with van der Waals surface area (Å²) in [4.78, 5) is 22.2. The van der Waals surface area contributed by atoms with E-state index in [-0.39, 0.29) is 17.4 Å². The molecule has 0 aromatic heterocycles. The Balaban J connectivity index is 2.87. The third kappa shape index (κ3) is 3.46. The minimum atomic E-state index is -0.812. The van der Waals surface area contributed by atoms with Crippen LogP contribution in [0.5, 0.6) is 5.75 Å². The van der Waals surface area contributed by atoms with Gasteiger partial charge in [-0.05, 0) is 26.0 Å². The van der Waals surface area contributed by atoms with E-state index in [0.29, 0.717) is 11.8 Å². The van der Waals surface area contributed by atoms with Gasteiger partial charge in [-0.1, -0.05) is 17.7 Å². The molecule has 0 aliphatic rings. The smallest absolute Gasteiger partial charge is 0.347 e. The zero-order valence-electron chi connectivity index (χ0n) is 9.60. The van der Waals surface area contributed by atoms with Crippen LogP contribution in [-0.4, -0.2) is 25.0 Å². The van der Waals surface area contributed by atoms with Crippen LogP contribution in [0.3, 0.4) is 0 Å². The lowest BCUT2D eigenvalue weighted by molar-refractivity contribution is -0.150. The molecule has 0 amide bonds. The highest BCUT2D eigenvalue weighted by molar-refractivity contribution is 6.32. The van der Waals surface area contributed by atoms with Crippen LogP contribution in [0, 0.1) is 0 Å². The van der Waals surface area contributed by atoms with Crippen molar-refractivity contribution in [3.05, 3.63) is 28.8 Å². The van der Waals surface area contributed by atoms with Crippen LogP contribution < -0.4 is 4.74 Å². The molecule has 0 radical (unpaired) electrons. The van der Waals surface area contributed by atoms with Crippen molar-refractivity contribution in [1.82, 2.24) is 0 Å². The number of para-hydroxylation sites is 1. The van der Waals surface area contributed by atoms with E-state index in [1.807, 2.05) is 0 Å². The first-order valence-corrected chi connectivity index (χ1v) is 5.55. The van der Waals surface area contributed by atoms with E-state index < -0.39 is 12.1 Å². The molecule has 1 atom stereocenters. The summed E-state index contributed by atoms with van der Waals surface area (Å²) in [5, 5.41) is 0.283. The van der Waals surface area contributed by atoms with Gasteiger partial charge in [0.25, 0.3) is 0 Å². The fraction of sp³-hybridized carbons (Fsp3) is 0.333. The maximum atomic E-state index is 11.4. The van der Waals surface area contributed by atoms with Gasteiger partial charge in [0.15, 0.2) is 12.4 Å². The van der Waals surface area contributed by atoms with Gasteiger partial charge in [0.1, 0.15) is 5.75 Å². The molecular weight excluding hydrogens is 244 g/mol. The second-order valence-electron chi connectivity index (χ2n) is 3.29. The predicted molar refractivity (Wildman–Crippen MR) is 63.6 cm³/mol. The molecule has 0 spiro atoms. The van der Waals surface area contributed by atoms with Gasteiger partial charge in [0, 0.05) is 0 Å². The summed E-state index contributed by atoms with van der Waals surface area (Å²) >= 11 is 5.90. The molecule has 0 saturated carbocycles. The topological polar surface area (TPSA) is 52.6 Å². The number of rotatable bonds is 5. The number of halogens is 1. The van der Waals surface area contributed by atoms with E-state index in [1.54, 1.807) is 25.1 Å². The van der Waals surface area contributed by atoms with Gasteiger partial charge in [-0.25, -0.2) is 4.79 Å². The summed E-state index contributed by atoms with van der Waals surface area (Å²) in [5.41, 5.74) is 0.300. The van der Waals surface area contributed by atoms with Crippen molar-refractivity contribution in [2.75, 3.05) is 6.61 Å². The van der Waals surface area contributed by atoms with Crippen molar-refractivity contribution in [3.63, 3.8) is 0 Å². The van der Waals surface area contributed by atoms with Crippen LogP contribution >= 0.6 is 11.6 Å². The molecule has 5 heteroatoms. The zero-order valence-corrected chi connectivity index (χ0v) is 10.4. The molecule has 92 valence electrons. The van der Waals surface area contributed by atoms with E-state index in [2.05, 4.69) is 0 Å². The van der Waals surface area contributed by atoms with E-state index in [4.69, 9.17) is 21.1 Å². The number of hydrogen-bond acceptors (Lipinski definition) is 4. The normalized spacial score (nSPS) is 11.7. The average Bonchev–Trinajstić information content (AvgIpc) is 2.31. The Labute approximate surface area is 104 Å². The Morgan fingerprint density at radius 2 is 2.24 bits per heavy atom. The molecule has 17 heavy (non-hydrogen) atoms. The number of carbonyl (C=O) groups excluding carboxylic acids is 2. The maximum absolute atomic E-state index is 11.4. The Kier molecular flexibility index (Phi) is 4.97. The monoisotopic (exact) mass is 256 g/mol. The summed E-state index contributed by atoms with van der Waals surface area (Å²) in [6, 6.07) is 4.78. The van der Waals surface area contributed by atoms with Crippen LogP contribution in [0.25, 0.3) is 0 Å². The highest BCUT2D eigenvalue weighted by atomic mass is 35.5. The van der Waals surface area contributed by atoms with Gasteiger partial charge in [-0.15, -0.1) is 0 Å². The molecular formula is C12H13ClO4. The van der Waals surface area contributed by atoms with Crippen molar-refractivity contribution >= 4 is 23.9 Å². The molecule has 1 unspecified atom stereocenters. The third-order valence-corrected chi connectivity index (χ3v) is 2.34. The molecule has 0 heterocycles. The van der Waals surface area contributed by atoms with Crippen LogP contribution in [0.2, 0.25) is 5.02 Å². The van der Waals surface area contributed by atoms with E-state index in [9.17, 15) is 9.59 Å². The number of hydrogen-bond donors (Lipinski definition) is 0. The predicted octanol–water partition coefficient (Wildman–Crippen LogP) is 2.48. The van der Waals surface area contributed by atoms with Gasteiger partial charge in [-0.3, -0.25) is 4.79 Å². The summed E-state index contributed by atoms with van der Waals surface area (Å²) in [6.07, 6.45) is -0.187. The standard InChI is InChI=1S/C12H13ClO4/c1-3-16-12(15)8(2)17-11-9(7-14)5-4-6-10(11)13/h4-8H,3H2,1-2H3. The van der Waals surface area contributed by atoms with E-state index in [0.717, 1.165) is 0 Å². The molecule has 4 nitrogen and oxygen atoms in total. The lowest BCUT2D eigenvalue weighted by Gasteiger charge is -2.15. The molecule has 1 aromatic rings. The number of aldehydes is 1. The van der Waals surface area contributed by atoms with Gasteiger partial charge in [0.05, 0.1) is 17.2 Å². The number of esters is 1. The lowest BCUT2D eigenvalue weighted by Crippen LogP contribution is -2.26. The quantitative estimate of drug-likeness (QED) is 0.600. The number of carbonyl (C=O) groups is 2. The molecule has 0 N–H and O–H groups in total. The first-order chi connectivity index (χ1) is 8.10. The largest absolute Gasteiger partial charge is 0.477 e. The second-order valence-corrected chi connectivity index (χ2v) is 3.70. The van der Waals surface area contributed by atoms with E-state index in [1.165, 1.54) is 6.92 Å². The lowest BCUT2D eigenvalue weighted by atomic mass is 10.2. The third-order valence-electron chi connectivity index (χ3n) is 2.04. The van der Waals surface area contributed by atoms with Crippen LogP contribution in [0.1, 0.15) is 24.2 Å². The minimum Gasteiger partial charge on any atom is -0.477 e. The molecule has 1 rings (SSSR count). The minimum absolute atomic E-state index is 0.199. The van der Waals surface area contributed by atoms with Crippen LogP contribution in [0.4, 0.5) is 0 Å². The fourth-order valence-corrected chi connectivity index (χ4v) is 1.45. The number of ether oxygens (including phenoxy) is 2. The van der Waals surface area contributed by atoms with Crippen molar-refractivity contribution < 1.29 is 19.1 Å². The summed E-state index contributed by atoms with van der Waals surface area (Å²) in [5.74, 6) is -0.297. The Hall–Kier alpha value is -1.55. The summed E-state index contributed by atoms with van der Waals surface area (Å²) in [6.45, 7) is 3.52. The highest BCUT2D eigenvalue weighted by Gasteiger charge is 2.18. The summed E-state index contributed by atoms with van der Waals surface area (Å²) < 4.78 is 10.1. The zero-order chi connectivity index (χ0) is 12.8. The van der Waals surface area contributed by atoms with Gasteiger partial charge >= 0.3 is 5.97 Å². The van der Waals surface area contributed by atoms with Crippen molar-refractivity contribution in [2.45, 2.75) is 20.0 Å². The van der Waals surface area contributed by atoms with Gasteiger partial charge in [-0.2, -0.15) is 0 Å². The Morgan fingerprint density at radius 3 is 2.82 bits per heavy atom. The van der Waals surface area contributed by atoms with Crippen molar-refractivity contribution in [2.24, 2.45) is 0 Å². The molecule has 0 fully saturated rings. The van der Waals surface area contributed by atoms with Crippen LogP contribution in [0.15, 0.2) is 18.2 Å². The van der Waals surface area contributed by atoms with E-state index >= 15 is 0 Å². The second kappa shape index (κ2) is 6.25. The van der Waals surface area contributed by atoms with Gasteiger partial charge < -0.3 is 9.47 Å². The molecule has 1 aromatic carbocycles. The Bertz CT molecular complexity index is 417. The van der Waals surface area contributed by atoms with Crippen molar-refractivity contribution in [3.8, 4) is 5.75 Å². The first-order valence-electron chi connectivity index (χ1n) is 5.17. The molecule has 0 saturated heterocycles. The average molecular weight is 257 g/mol. The summed E-state index contributed by atoms with van der Waals surface area (Å²) in [7, 11) is 0. The molecule has 0 aliphatic heterocycles. The highest BCUT2D eigenvalue weighted by Crippen LogP contribution is 2.28. The number of benzene rings is 1. The fourth-order valence-electron chi connectivity index (χ4n) is 1.23. The molecule has 0 bridgehead atoms. The first kappa shape index (κ1) is 13.5. The molecule has 0 aliphatic carbocycles. The maximum Gasteiger partial charge on any atom is 0.347 e. The SMILES string of the molecule is CCOC(=O)C(C)Oc1c(Cl)cccc1C=O. The van der Waals surface area contributed by atoms with Crippen molar-refractivity contribution in [1.29, 1.82) is 0 Å². The van der Waals surface area contributed by atoms with Gasteiger partial charge in [0.2, 0.25) is 0 Å². The van der Waals surface area contributed by atoms with Crippen LogP contribution in [-0.2, 0) is 9.53 Å².